The van der Waals surface area contributed by atoms with Crippen LogP contribution < -0.4 is 10.1 Å². The van der Waals surface area contributed by atoms with Crippen LogP contribution in [0.4, 0.5) is 4.39 Å². The quantitative estimate of drug-likeness (QED) is 0.812. The molecule has 20 heavy (non-hydrogen) atoms. The predicted molar refractivity (Wildman–Crippen MR) is 72.8 cm³/mol. The van der Waals surface area contributed by atoms with Gasteiger partial charge in [0.2, 0.25) is 0 Å². The summed E-state index contributed by atoms with van der Waals surface area (Å²) >= 11 is 0. The Morgan fingerprint density at radius 2 is 2.10 bits per heavy atom. The lowest BCUT2D eigenvalue weighted by Gasteiger charge is -2.11. The number of ether oxygens (including phenoxy) is 1. The number of halogens is 2. The molecule has 1 N–H and O–H groups in total. The van der Waals surface area contributed by atoms with Gasteiger partial charge in [-0.1, -0.05) is 13.8 Å². The van der Waals surface area contributed by atoms with Crippen molar-refractivity contribution in [2.75, 3.05) is 13.2 Å². The van der Waals surface area contributed by atoms with Gasteiger partial charge in [0.25, 0.3) is 15.0 Å². The van der Waals surface area contributed by atoms with Crippen molar-refractivity contribution >= 4 is 25.6 Å². The molecule has 0 aliphatic heterocycles. The number of benzene rings is 1. The van der Waals surface area contributed by atoms with Gasteiger partial charge in [-0.05, 0) is 24.1 Å². The van der Waals surface area contributed by atoms with Crippen LogP contribution in [0, 0.1) is 11.7 Å². The van der Waals surface area contributed by atoms with Crippen LogP contribution in [0.3, 0.4) is 0 Å². The summed E-state index contributed by atoms with van der Waals surface area (Å²) in [4.78, 5) is 11.0. The van der Waals surface area contributed by atoms with Gasteiger partial charge in [-0.3, -0.25) is 4.79 Å². The van der Waals surface area contributed by atoms with Crippen LogP contribution >= 0.6 is 10.7 Å². The highest BCUT2D eigenvalue weighted by atomic mass is 35.7. The zero-order chi connectivity index (χ0) is 15.3. The topological polar surface area (TPSA) is 72.5 Å². The number of carbonyl (C=O) groups excluding carboxylic acids is 1. The third-order valence-corrected chi connectivity index (χ3v) is 3.58. The summed E-state index contributed by atoms with van der Waals surface area (Å²) in [5.74, 6) is -1.05. The van der Waals surface area contributed by atoms with Gasteiger partial charge in [-0.2, -0.15) is 0 Å². The Morgan fingerprint density at radius 3 is 2.65 bits per heavy atom. The first kappa shape index (κ1) is 16.7. The largest absolute Gasteiger partial charge is 0.482 e. The molecule has 0 spiro atoms. The molecule has 0 saturated heterocycles. The second-order valence-electron chi connectivity index (χ2n) is 4.52. The van der Waals surface area contributed by atoms with E-state index in [2.05, 4.69) is 5.32 Å². The molecule has 0 bridgehead atoms. The van der Waals surface area contributed by atoms with Gasteiger partial charge in [-0.15, -0.1) is 0 Å². The average Bonchev–Trinajstić information content (AvgIpc) is 2.33. The SMILES string of the molecule is CC(C)CNC(=O)COc1ccc(F)cc1S(=O)(=O)Cl. The third kappa shape index (κ3) is 5.34. The average molecular weight is 324 g/mol. The lowest BCUT2D eigenvalue weighted by Crippen LogP contribution is -2.31. The van der Waals surface area contributed by atoms with Crippen LogP contribution in [-0.2, 0) is 13.8 Å². The van der Waals surface area contributed by atoms with Crippen LogP contribution in [0.1, 0.15) is 13.8 Å². The number of amides is 1. The summed E-state index contributed by atoms with van der Waals surface area (Å²) in [6, 6.07) is 2.87. The molecule has 0 aliphatic carbocycles. The number of carbonyl (C=O) groups is 1. The molecule has 0 aliphatic rings. The highest BCUT2D eigenvalue weighted by Gasteiger charge is 2.18. The first-order valence-electron chi connectivity index (χ1n) is 5.84. The molecule has 0 fully saturated rings. The Hall–Kier alpha value is -1.34. The van der Waals surface area contributed by atoms with Crippen LogP contribution in [0.5, 0.6) is 5.75 Å². The van der Waals surface area contributed by atoms with Gasteiger partial charge >= 0.3 is 0 Å². The van der Waals surface area contributed by atoms with Crippen LogP contribution in [0.25, 0.3) is 0 Å². The molecule has 0 radical (unpaired) electrons. The molecule has 112 valence electrons. The zero-order valence-electron chi connectivity index (χ0n) is 11.0. The van der Waals surface area contributed by atoms with Gasteiger partial charge < -0.3 is 10.1 Å². The minimum atomic E-state index is -4.15. The smallest absolute Gasteiger partial charge is 0.265 e. The zero-order valence-corrected chi connectivity index (χ0v) is 12.6. The molecule has 1 aromatic rings. The normalized spacial score (nSPS) is 11.4. The Balaban J connectivity index is 2.76. The van der Waals surface area contributed by atoms with Crippen molar-refractivity contribution in [3.63, 3.8) is 0 Å². The second kappa shape index (κ2) is 6.90. The Bertz CT molecular complexity index is 589. The van der Waals surface area contributed by atoms with Crippen molar-refractivity contribution < 1.29 is 22.3 Å². The van der Waals surface area contributed by atoms with Crippen LogP contribution in [0.15, 0.2) is 23.1 Å². The van der Waals surface area contributed by atoms with E-state index in [1.165, 1.54) is 0 Å². The molecule has 8 heteroatoms. The lowest BCUT2D eigenvalue weighted by atomic mass is 10.2. The van der Waals surface area contributed by atoms with Gasteiger partial charge in [0, 0.05) is 17.2 Å². The van der Waals surface area contributed by atoms with E-state index < -0.39 is 25.7 Å². The molecule has 0 heterocycles. The minimum absolute atomic E-state index is 0.166. The standard InChI is InChI=1S/C12H15ClFNO4S/c1-8(2)6-15-12(16)7-19-10-4-3-9(14)5-11(10)20(13,17)18/h3-5,8H,6-7H2,1-2H3,(H,15,16). The highest BCUT2D eigenvalue weighted by molar-refractivity contribution is 8.13. The number of hydrogen-bond acceptors (Lipinski definition) is 4. The minimum Gasteiger partial charge on any atom is -0.482 e. The molecular formula is C12H15ClFNO4S. The molecule has 1 amide bonds. The summed E-state index contributed by atoms with van der Waals surface area (Å²) in [7, 11) is 1.02. The van der Waals surface area contributed by atoms with E-state index in [9.17, 15) is 17.6 Å². The van der Waals surface area contributed by atoms with Crippen molar-refractivity contribution in [2.24, 2.45) is 5.92 Å². The molecule has 0 aromatic heterocycles. The number of rotatable bonds is 6. The van der Waals surface area contributed by atoms with Crippen molar-refractivity contribution in [1.82, 2.24) is 5.32 Å². The fourth-order valence-corrected chi connectivity index (χ4v) is 2.29. The maximum atomic E-state index is 13.0. The summed E-state index contributed by atoms with van der Waals surface area (Å²) in [5.41, 5.74) is 0. The Labute approximate surface area is 121 Å². The van der Waals surface area contributed by atoms with E-state index >= 15 is 0 Å². The highest BCUT2D eigenvalue weighted by Crippen LogP contribution is 2.27. The molecule has 1 rings (SSSR count). The van der Waals surface area contributed by atoms with E-state index in [1.807, 2.05) is 13.8 Å². The van der Waals surface area contributed by atoms with Crippen LogP contribution in [-0.4, -0.2) is 27.5 Å². The van der Waals surface area contributed by atoms with Gasteiger partial charge in [0.15, 0.2) is 6.61 Å². The van der Waals surface area contributed by atoms with E-state index in [1.54, 1.807) is 0 Å². The van der Waals surface area contributed by atoms with E-state index in [-0.39, 0.29) is 18.3 Å². The summed E-state index contributed by atoms with van der Waals surface area (Å²) in [5, 5.41) is 2.60. The van der Waals surface area contributed by atoms with Gasteiger partial charge in [0.05, 0.1) is 0 Å². The first-order valence-corrected chi connectivity index (χ1v) is 8.15. The fraction of sp³-hybridized carbons (Fsp3) is 0.417. The molecular weight excluding hydrogens is 309 g/mol. The first-order chi connectivity index (χ1) is 9.20. The van der Waals surface area contributed by atoms with Gasteiger partial charge in [0.1, 0.15) is 16.5 Å². The van der Waals surface area contributed by atoms with Crippen molar-refractivity contribution in [3.8, 4) is 5.75 Å². The van der Waals surface area contributed by atoms with E-state index in [4.69, 9.17) is 15.4 Å². The summed E-state index contributed by atoms with van der Waals surface area (Å²) in [6.45, 7) is 3.96. The summed E-state index contributed by atoms with van der Waals surface area (Å²) < 4.78 is 40.7. The predicted octanol–water partition coefficient (Wildman–Crippen LogP) is 1.90. The second-order valence-corrected chi connectivity index (χ2v) is 7.05. The maximum absolute atomic E-state index is 13.0. The lowest BCUT2D eigenvalue weighted by molar-refractivity contribution is -0.123. The molecule has 5 nitrogen and oxygen atoms in total. The number of nitrogens with one attached hydrogen (secondary N) is 1. The molecule has 0 unspecified atom stereocenters. The third-order valence-electron chi connectivity index (χ3n) is 2.23. The van der Waals surface area contributed by atoms with E-state index in [0.29, 0.717) is 6.54 Å². The van der Waals surface area contributed by atoms with Crippen molar-refractivity contribution in [1.29, 1.82) is 0 Å². The Kier molecular flexibility index (Phi) is 5.76. The van der Waals surface area contributed by atoms with Crippen molar-refractivity contribution in [2.45, 2.75) is 18.7 Å². The Morgan fingerprint density at radius 1 is 1.45 bits per heavy atom. The molecule has 0 saturated carbocycles. The number of hydrogen-bond donors (Lipinski definition) is 1. The monoisotopic (exact) mass is 323 g/mol. The molecule has 1 aromatic carbocycles. The fourth-order valence-electron chi connectivity index (χ4n) is 1.30. The summed E-state index contributed by atoms with van der Waals surface area (Å²) in [6.07, 6.45) is 0. The van der Waals surface area contributed by atoms with E-state index in [0.717, 1.165) is 18.2 Å². The van der Waals surface area contributed by atoms with Crippen LogP contribution in [0.2, 0.25) is 0 Å². The molecule has 0 atom stereocenters. The van der Waals surface area contributed by atoms with Gasteiger partial charge in [-0.25, -0.2) is 12.8 Å². The maximum Gasteiger partial charge on any atom is 0.265 e. The van der Waals surface area contributed by atoms with Crippen molar-refractivity contribution in [3.05, 3.63) is 24.0 Å².